The summed E-state index contributed by atoms with van der Waals surface area (Å²) in [5, 5.41) is 17.9. The third-order valence-corrected chi connectivity index (χ3v) is 8.11. The molecule has 7 nitrogen and oxygen atoms in total. The molecule has 1 aliphatic heterocycles. The molecular formula is C30H41ClN4O3. The Morgan fingerprint density at radius 1 is 1.11 bits per heavy atom. The van der Waals surface area contributed by atoms with Crippen LogP contribution in [0.4, 0.5) is 0 Å². The highest BCUT2D eigenvalue weighted by Gasteiger charge is 2.41. The summed E-state index contributed by atoms with van der Waals surface area (Å²) in [7, 11) is 0. The first-order valence-corrected chi connectivity index (χ1v) is 14.2. The van der Waals surface area contributed by atoms with E-state index in [0.29, 0.717) is 24.8 Å². The average Bonchev–Trinajstić information content (AvgIpc) is 2.87. The van der Waals surface area contributed by atoms with E-state index in [-0.39, 0.29) is 34.1 Å². The average molecular weight is 541 g/mol. The minimum absolute atomic E-state index is 0.0134. The monoisotopic (exact) mass is 540 g/mol. The molecule has 1 aromatic carbocycles. The van der Waals surface area contributed by atoms with Crippen LogP contribution >= 0.6 is 11.6 Å². The van der Waals surface area contributed by atoms with E-state index in [1.165, 1.54) is 25.5 Å². The summed E-state index contributed by atoms with van der Waals surface area (Å²) in [4.78, 5) is 32.7. The van der Waals surface area contributed by atoms with E-state index in [1.807, 2.05) is 51.1 Å². The van der Waals surface area contributed by atoms with Crippen molar-refractivity contribution in [3.05, 3.63) is 64.9 Å². The van der Waals surface area contributed by atoms with Crippen molar-refractivity contribution >= 4 is 23.4 Å². The number of rotatable bonds is 8. The van der Waals surface area contributed by atoms with E-state index in [2.05, 4.69) is 20.5 Å². The van der Waals surface area contributed by atoms with Gasteiger partial charge in [0, 0.05) is 24.8 Å². The van der Waals surface area contributed by atoms with Gasteiger partial charge in [-0.05, 0) is 69.6 Å². The summed E-state index contributed by atoms with van der Waals surface area (Å²) in [6.45, 7) is 7.05. The molecule has 1 saturated carbocycles. The maximum absolute atomic E-state index is 13.4. The van der Waals surface area contributed by atoms with E-state index in [1.54, 1.807) is 12.1 Å². The molecule has 2 aromatic rings. The van der Waals surface area contributed by atoms with Crippen LogP contribution < -0.4 is 10.6 Å². The van der Waals surface area contributed by atoms with E-state index in [0.717, 1.165) is 24.9 Å². The van der Waals surface area contributed by atoms with E-state index in [4.69, 9.17) is 11.6 Å². The highest BCUT2D eigenvalue weighted by Crippen LogP contribution is 2.39. The van der Waals surface area contributed by atoms with Gasteiger partial charge in [0.15, 0.2) is 0 Å². The number of fused-ring (bicyclic) bond motifs is 1. The summed E-state index contributed by atoms with van der Waals surface area (Å²) in [5.74, 6) is 0.710. The number of amides is 2. The van der Waals surface area contributed by atoms with Gasteiger partial charge in [-0.15, -0.1) is 0 Å². The highest BCUT2D eigenvalue weighted by atomic mass is 35.5. The first kappa shape index (κ1) is 28.5. The summed E-state index contributed by atoms with van der Waals surface area (Å²) >= 11 is 6.18. The zero-order valence-corrected chi connectivity index (χ0v) is 23.5. The molecule has 0 unspecified atom stereocenters. The molecule has 0 spiro atoms. The third-order valence-electron chi connectivity index (χ3n) is 7.81. The summed E-state index contributed by atoms with van der Waals surface area (Å²) in [5.41, 5.74) is 0.935. The van der Waals surface area contributed by atoms with Crippen LogP contribution in [0.25, 0.3) is 0 Å². The molecule has 1 aliphatic carbocycles. The topological polar surface area (TPSA) is 94.6 Å². The largest absolute Gasteiger partial charge is 0.390 e. The molecule has 8 heteroatoms. The van der Waals surface area contributed by atoms with E-state index in [9.17, 15) is 14.7 Å². The Balaban J connectivity index is 1.55. The number of β-amino-alcohol motifs (C(OH)–C–C–N with tert-alkyl or cyclic N) is 1. The van der Waals surface area contributed by atoms with Crippen molar-refractivity contribution in [3.8, 4) is 0 Å². The molecule has 0 radical (unpaired) electrons. The number of carbonyl (C=O) groups excluding carboxylic acids is 2. The molecule has 2 heterocycles. The number of hydrogen-bond acceptors (Lipinski definition) is 5. The second-order valence-electron chi connectivity index (χ2n) is 11.9. The van der Waals surface area contributed by atoms with Crippen molar-refractivity contribution < 1.29 is 14.7 Å². The molecule has 2 aliphatic rings. The van der Waals surface area contributed by atoms with Gasteiger partial charge in [-0.25, -0.2) is 4.98 Å². The lowest BCUT2D eigenvalue weighted by Gasteiger charge is -2.47. The van der Waals surface area contributed by atoms with Crippen molar-refractivity contribution in [1.29, 1.82) is 0 Å². The Bertz CT molecular complexity index is 1090. The number of likely N-dealkylation sites (tertiary alicyclic amines) is 1. The van der Waals surface area contributed by atoms with Gasteiger partial charge in [0.25, 0.3) is 5.91 Å². The van der Waals surface area contributed by atoms with Crippen LogP contribution in [0.5, 0.6) is 0 Å². The number of benzene rings is 1. The third kappa shape index (κ3) is 7.55. The van der Waals surface area contributed by atoms with Gasteiger partial charge in [-0.1, -0.05) is 61.2 Å². The molecule has 1 saturated heterocycles. The van der Waals surface area contributed by atoms with Gasteiger partial charge in [0.05, 0.1) is 23.8 Å². The lowest BCUT2D eigenvalue weighted by atomic mass is 9.72. The Kier molecular flexibility index (Phi) is 9.45. The molecule has 206 valence electrons. The van der Waals surface area contributed by atoms with Crippen LogP contribution in [0.2, 0.25) is 5.15 Å². The number of halogens is 1. The molecule has 38 heavy (non-hydrogen) atoms. The standard InChI is InChI=1S/C30H41ClN4O3/c1-30(2,3)34-29(38)25-17-21-12-7-8-13-22(21)18-35(25)19-26(36)24(16-20-10-5-4-6-11-20)33-28(37)23-14-9-15-32-27(23)31/h4-6,9-11,14-15,21-22,24-26,36H,7-8,12-13,16-19H2,1-3H3,(H,33,37)(H,34,38)/t21-,22+,24-,25-,26+/m0/s1. The lowest BCUT2D eigenvalue weighted by molar-refractivity contribution is -0.132. The Morgan fingerprint density at radius 2 is 1.82 bits per heavy atom. The van der Waals surface area contributed by atoms with Gasteiger partial charge in [0.2, 0.25) is 5.91 Å². The first-order valence-electron chi connectivity index (χ1n) is 13.8. The number of nitrogens with zero attached hydrogens (tertiary/aromatic N) is 2. The maximum Gasteiger partial charge on any atom is 0.254 e. The zero-order valence-electron chi connectivity index (χ0n) is 22.7. The van der Waals surface area contributed by atoms with Crippen LogP contribution in [0.15, 0.2) is 48.7 Å². The fourth-order valence-corrected chi connectivity index (χ4v) is 6.15. The lowest BCUT2D eigenvalue weighted by Crippen LogP contribution is -2.60. The smallest absolute Gasteiger partial charge is 0.254 e. The molecule has 2 amide bonds. The quantitative estimate of drug-likeness (QED) is 0.436. The SMILES string of the molecule is CC(C)(C)NC(=O)[C@@H]1C[C@@H]2CCCC[C@@H]2CN1C[C@@H](O)[C@H](Cc1ccccc1)NC(=O)c1cccnc1Cl. The number of hydrogen-bond donors (Lipinski definition) is 3. The predicted octanol–water partition coefficient (Wildman–Crippen LogP) is 4.23. The van der Waals surface area contributed by atoms with Crippen molar-refractivity contribution in [2.24, 2.45) is 11.8 Å². The number of nitrogens with one attached hydrogen (secondary N) is 2. The zero-order chi connectivity index (χ0) is 27.3. The molecule has 4 rings (SSSR count). The van der Waals surface area contributed by atoms with E-state index < -0.39 is 12.1 Å². The minimum atomic E-state index is -0.889. The molecule has 3 N–H and O–H groups in total. The van der Waals surface area contributed by atoms with Gasteiger partial charge >= 0.3 is 0 Å². The number of aliphatic hydroxyl groups excluding tert-OH is 1. The number of carbonyl (C=O) groups is 2. The normalized spacial score (nSPS) is 23.7. The fourth-order valence-electron chi connectivity index (χ4n) is 5.95. The van der Waals surface area contributed by atoms with Gasteiger partial charge in [-0.2, -0.15) is 0 Å². The van der Waals surface area contributed by atoms with Crippen LogP contribution in [-0.2, 0) is 11.2 Å². The van der Waals surface area contributed by atoms with Crippen LogP contribution in [0, 0.1) is 11.8 Å². The van der Waals surface area contributed by atoms with Crippen LogP contribution in [-0.4, -0.2) is 63.6 Å². The molecule has 2 fully saturated rings. The minimum Gasteiger partial charge on any atom is -0.390 e. The molecule has 1 aromatic heterocycles. The number of pyridine rings is 1. The maximum atomic E-state index is 13.4. The van der Waals surface area contributed by atoms with Crippen LogP contribution in [0.3, 0.4) is 0 Å². The number of aromatic nitrogens is 1. The van der Waals surface area contributed by atoms with Gasteiger partial charge in [0.1, 0.15) is 5.15 Å². The summed E-state index contributed by atoms with van der Waals surface area (Å²) in [6.07, 6.45) is 6.67. The Labute approximate surface area is 231 Å². The highest BCUT2D eigenvalue weighted by molar-refractivity contribution is 6.32. The Hall–Kier alpha value is -2.48. The van der Waals surface area contributed by atoms with Gasteiger partial charge < -0.3 is 15.7 Å². The molecule has 5 atom stereocenters. The van der Waals surface area contributed by atoms with Crippen molar-refractivity contribution in [3.63, 3.8) is 0 Å². The summed E-state index contributed by atoms with van der Waals surface area (Å²) in [6, 6.07) is 12.2. The summed E-state index contributed by atoms with van der Waals surface area (Å²) < 4.78 is 0. The van der Waals surface area contributed by atoms with Gasteiger partial charge in [-0.3, -0.25) is 14.5 Å². The second kappa shape index (κ2) is 12.6. The van der Waals surface area contributed by atoms with Crippen molar-refractivity contribution in [2.45, 2.75) is 83.0 Å². The second-order valence-corrected chi connectivity index (χ2v) is 12.3. The number of aliphatic hydroxyl groups is 1. The molecular weight excluding hydrogens is 500 g/mol. The molecule has 0 bridgehead atoms. The van der Waals surface area contributed by atoms with E-state index >= 15 is 0 Å². The number of piperidine rings is 1. The van der Waals surface area contributed by atoms with Crippen molar-refractivity contribution in [2.75, 3.05) is 13.1 Å². The van der Waals surface area contributed by atoms with Crippen LogP contribution in [0.1, 0.15) is 68.8 Å². The van der Waals surface area contributed by atoms with Crippen molar-refractivity contribution in [1.82, 2.24) is 20.5 Å². The predicted molar refractivity (Wildman–Crippen MR) is 150 cm³/mol. The Morgan fingerprint density at radius 3 is 2.50 bits per heavy atom. The fraction of sp³-hybridized carbons (Fsp3) is 0.567. The first-order chi connectivity index (χ1) is 18.1.